The standard InChI is InChI=1S/C17H25ClN2O2/c1-12-7-8-20(14(9-12)11-19)17(21)6-4-13-3-5-16(22-2)15(18)10-13/h3,5,10,12,14H,4,6-9,11,19H2,1-2H3. The first-order valence-electron chi connectivity index (χ1n) is 7.87. The number of rotatable bonds is 5. The summed E-state index contributed by atoms with van der Waals surface area (Å²) in [6, 6.07) is 5.85. The highest BCUT2D eigenvalue weighted by Gasteiger charge is 2.28. The van der Waals surface area contributed by atoms with E-state index in [0.29, 0.717) is 36.1 Å². The lowest BCUT2D eigenvalue weighted by atomic mass is 9.92. The van der Waals surface area contributed by atoms with Gasteiger partial charge < -0.3 is 15.4 Å². The molecule has 1 aromatic carbocycles. The zero-order chi connectivity index (χ0) is 16.1. The van der Waals surface area contributed by atoms with E-state index in [4.69, 9.17) is 22.1 Å². The molecule has 122 valence electrons. The summed E-state index contributed by atoms with van der Waals surface area (Å²) >= 11 is 6.12. The average Bonchev–Trinajstić information content (AvgIpc) is 2.52. The molecule has 0 saturated carbocycles. The second-order valence-electron chi connectivity index (χ2n) is 6.08. The first kappa shape index (κ1) is 17.1. The normalized spacial score (nSPS) is 21.7. The van der Waals surface area contributed by atoms with Crippen molar-refractivity contribution in [3.8, 4) is 5.75 Å². The Hall–Kier alpha value is -1.26. The Morgan fingerprint density at radius 1 is 1.50 bits per heavy atom. The van der Waals surface area contributed by atoms with Crippen LogP contribution >= 0.6 is 11.6 Å². The van der Waals surface area contributed by atoms with Crippen LogP contribution in [0.4, 0.5) is 0 Å². The van der Waals surface area contributed by atoms with Crippen molar-refractivity contribution in [2.75, 3.05) is 20.2 Å². The number of aryl methyl sites for hydroxylation is 1. The Bertz CT molecular complexity index is 521. The van der Waals surface area contributed by atoms with Gasteiger partial charge in [0.2, 0.25) is 5.91 Å². The summed E-state index contributed by atoms with van der Waals surface area (Å²) in [5, 5.41) is 0.582. The van der Waals surface area contributed by atoms with Crippen LogP contribution in [0.2, 0.25) is 5.02 Å². The number of carbonyl (C=O) groups is 1. The van der Waals surface area contributed by atoms with Crippen LogP contribution in [0.1, 0.15) is 31.7 Å². The predicted molar refractivity (Wildman–Crippen MR) is 89.3 cm³/mol. The molecular formula is C17H25ClN2O2. The van der Waals surface area contributed by atoms with Crippen molar-refractivity contribution in [2.24, 2.45) is 11.7 Å². The predicted octanol–water partition coefficient (Wildman–Crippen LogP) is 2.87. The van der Waals surface area contributed by atoms with Gasteiger partial charge in [-0.3, -0.25) is 4.79 Å². The molecule has 0 radical (unpaired) electrons. The molecule has 0 aromatic heterocycles. The van der Waals surface area contributed by atoms with Crippen molar-refractivity contribution in [3.63, 3.8) is 0 Å². The van der Waals surface area contributed by atoms with E-state index in [1.807, 2.05) is 23.1 Å². The van der Waals surface area contributed by atoms with E-state index in [0.717, 1.165) is 24.9 Å². The van der Waals surface area contributed by atoms with Gasteiger partial charge in [-0.1, -0.05) is 24.6 Å². The number of hydrogen-bond donors (Lipinski definition) is 1. The molecule has 2 rings (SSSR count). The summed E-state index contributed by atoms with van der Waals surface area (Å²) < 4.78 is 5.14. The average molecular weight is 325 g/mol. The zero-order valence-electron chi connectivity index (χ0n) is 13.3. The van der Waals surface area contributed by atoms with Crippen LogP contribution in [-0.2, 0) is 11.2 Å². The molecule has 2 atom stereocenters. The van der Waals surface area contributed by atoms with E-state index in [1.165, 1.54) is 0 Å². The lowest BCUT2D eigenvalue weighted by Gasteiger charge is -2.38. The van der Waals surface area contributed by atoms with Gasteiger partial charge in [0.05, 0.1) is 12.1 Å². The molecule has 1 aromatic rings. The molecule has 2 unspecified atom stereocenters. The molecule has 0 aliphatic carbocycles. The summed E-state index contributed by atoms with van der Waals surface area (Å²) in [4.78, 5) is 14.4. The number of piperidine rings is 1. The van der Waals surface area contributed by atoms with Gasteiger partial charge in [0.25, 0.3) is 0 Å². The van der Waals surface area contributed by atoms with E-state index < -0.39 is 0 Å². The molecule has 0 bridgehead atoms. The summed E-state index contributed by atoms with van der Waals surface area (Å²) in [5.74, 6) is 1.50. The Balaban J connectivity index is 1.93. The van der Waals surface area contributed by atoms with Crippen LogP contribution in [0.3, 0.4) is 0 Å². The van der Waals surface area contributed by atoms with Crippen LogP contribution in [0.25, 0.3) is 0 Å². The van der Waals surface area contributed by atoms with Crippen molar-refractivity contribution in [2.45, 2.75) is 38.6 Å². The fraction of sp³-hybridized carbons (Fsp3) is 0.588. The van der Waals surface area contributed by atoms with Crippen LogP contribution in [0, 0.1) is 5.92 Å². The van der Waals surface area contributed by atoms with E-state index in [2.05, 4.69) is 6.92 Å². The van der Waals surface area contributed by atoms with Crippen molar-refractivity contribution in [1.82, 2.24) is 4.90 Å². The summed E-state index contributed by atoms with van der Waals surface area (Å²) in [7, 11) is 1.59. The van der Waals surface area contributed by atoms with E-state index in [-0.39, 0.29) is 11.9 Å². The minimum absolute atomic E-state index is 0.189. The number of ether oxygens (including phenoxy) is 1. The maximum absolute atomic E-state index is 12.5. The minimum atomic E-state index is 0.189. The molecule has 1 heterocycles. The Morgan fingerprint density at radius 2 is 2.27 bits per heavy atom. The topological polar surface area (TPSA) is 55.6 Å². The number of amides is 1. The Labute approximate surface area is 137 Å². The highest BCUT2D eigenvalue weighted by molar-refractivity contribution is 6.32. The number of nitrogens with two attached hydrogens (primary N) is 1. The number of methoxy groups -OCH3 is 1. The maximum atomic E-state index is 12.5. The van der Waals surface area contributed by atoms with Gasteiger partial charge in [0, 0.05) is 25.6 Å². The molecular weight excluding hydrogens is 300 g/mol. The molecule has 4 nitrogen and oxygen atoms in total. The molecule has 2 N–H and O–H groups in total. The Morgan fingerprint density at radius 3 is 2.91 bits per heavy atom. The van der Waals surface area contributed by atoms with Gasteiger partial charge in [-0.05, 0) is 42.9 Å². The first-order chi connectivity index (χ1) is 10.5. The quantitative estimate of drug-likeness (QED) is 0.906. The van der Waals surface area contributed by atoms with Crippen LogP contribution in [0.5, 0.6) is 5.75 Å². The third-order valence-electron chi connectivity index (χ3n) is 4.41. The van der Waals surface area contributed by atoms with Gasteiger partial charge in [-0.15, -0.1) is 0 Å². The summed E-state index contributed by atoms with van der Waals surface area (Å²) in [6.45, 7) is 3.60. The number of carbonyl (C=O) groups excluding carboxylic acids is 1. The van der Waals surface area contributed by atoms with Crippen molar-refractivity contribution in [1.29, 1.82) is 0 Å². The number of hydrogen-bond acceptors (Lipinski definition) is 3. The van der Waals surface area contributed by atoms with Crippen molar-refractivity contribution < 1.29 is 9.53 Å². The monoisotopic (exact) mass is 324 g/mol. The van der Waals surface area contributed by atoms with Gasteiger partial charge in [-0.25, -0.2) is 0 Å². The van der Waals surface area contributed by atoms with Crippen LogP contribution in [-0.4, -0.2) is 37.0 Å². The number of halogens is 1. The van der Waals surface area contributed by atoms with Gasteiger partial charge in [0.1, 0.15) is 5.75 Å². The molecule has 22 heavy (non-hydrogen) atoms. The molecule has 1 aliphatic heterocycles. The lowest BCUT2D eigenvalue weighted by molar-refractivity contribution is -0.135. The summed E-state index contributed by atoms with van der Waals surface area (Å²) in [5.41, 5.74) is 6.88. The van der Waals surface area contributed by atoms with E-state index >= 15 is 0 Å². The Kier molecular flexibility index (Phi) is 6.09. The second-order valence-corrected chi connectivity index (χ2v) is 6.48. The van der Waals surface area contributed by atoms with Crippen molar-refractivity contribution >= 4 is 17.5 Å². The second kappa shape index (κ2) is 7.84. The molecule has 1 aliphatic rings. The lowest BCUT2D eigenvalue weighted by Crippen LogP contribution is -2.49. The molecule has 1 amide bonds. The van der Waals surface area contributed by atoms with Gasteiger partial charge in [0.15, 0.2) is 0 Å². The molecule has 1 saturated heterocycles. The summed E-state index contributed by atoms with van der Waals surface area (Å²) in [6.07, 6.45) is 3.26. The fourth-order valence-electron chi connectivity index (χ4n) is 3.06. The van der Waals surface area contributed by atoms with Crippen LogP contribution < -0.4 is 10.5 Å². The number of nitrogens with zero attached hydrogens (tertiary/aromatic N) is 1. The first-order valence-corrected chi connectivity index (χ1v) is 8.25. The third-order valence-corrected chi connectivity index (χ3v) is 4.71. The molecule has 0 spiro atoms. The van der Waals surface area contributed by atoms with Gasteiger partial charge in [-0.2, -0.15) is 0 Å². The van der Waals surface area contributed by atoms with Crippen LogP contribution in [0.15, 0.2) is 18.2 Å². The largest absolute Gasteiger partial charge is 0.495 e. The highest BCUT2D eigenvalue weighted by Crippen LogP contribution is 2.26. The zero-order valence-corrected chi connectivity index (χ0v) is 14.1. The van der Waals surface area contributed by atoms with Gasteiger partial charge >= 0.3 is 0 Å². The number of likely N-dealkylation sites (tertiary alicyclic amines) is 1. The fourth-order valence-corrected chi connectivity index (χ4v) is 3.34. The highest BCUT2D eigenvalue weighted by atomic mass is 35.5. The third kappa shape index (κ3) is 4.14. The SMILES string of the molecule is COc1ccc(CCC(=O)N2CCC(C)CC2CN)cc1Cl. The van der Waals surface area contributed by atoms with E-state index in [1.54, 1.807) is 7.11 Å². The van der Waals surface area contributed by atoms with E-state index in [9.17, 15) is 4.79 Å². The minimum Gasteiger partial charge on any atom is -0.495 e. The maximum Gasteiger partial charge on any atom is 0.223 e. The molecule has 5 heteroatoms. The smallest absolute Gasteiger partial charge is 0.223 e. The number of benzene rings is 1. The van der Waals surface area contributed by atoms with Crippen molar-refractivity contribution in [3.05, 3.63) is 28.8 Å². The molecule has 1 fully saturated rings.